The molecule has 1 N–H and O–H groups in total. The molecule has 0 radical (unpaired) electrons. The Bertz CT molecular complexity index is 567. The Morgan fingerprint density at radius 2 is 2.17 bits per heavy atom. The molecule has 4 nitrogen and oxygen atoms in total. The highest BCUT2D eigenvalue weighted by molar-refractivity contribution is 6.03. The molecule has 0 aliphatic heterocycles. The highest BCUT2D eigenvalue weighted by Gasteiger charge is 2.08. The highest BCUT2D eigenvalue weighted by atomic mass is 16.5. The first-order chi connectivity index (χ1) is 8.69. The molecule has 0 saturated carbocycles. The van der Waals surface area contributed by atoms with E-state index < -0.39 is 0 Å². The average molecular weight is 242 g/mol. The van der Waals surface area contributed by atoms with Crippen LogP contribution in [0.25, 0.3) is 0 Å². The summed E-state index contributed by atoms with van der Waals surface area (Å²) in [5.74, 6) is -0.284. The smallest absolute Gasteiger partial charge is 0.261 e. The number of nitrogens with zero attached hydrogens (tertiary/aromatic N) is 1. The van der Waals surface area contributed by atoms with Gasteiger partial charge in [0.05, 0.1) is 0 Å². The van der Waals surface area contributed by atoms with E-state index in [1.54, 1.807) is 12.1 Å². The van der Waals surface area contributed by atoms with Crippen LogP contribution in [-0.4, -0.2) is 5.91 Å². The number of aryl methyl sites for hydroxylation is 1. The normalized spacial score (nSPS) is 10.1. The Labute approximate surface area is 105 Å². The van der Waals surface area contributed by atoms with E-state index in [1.165, 1.54) is 12.4 Å². The Kier molecular flexibility index (Phi) is 3.57. The van der Waals surface area contributed by atoms with E-state index in [0.717, 1.165) is 17.7 Å². The maximum atomic E-state index is 11.9. The molecule has 1 aromatic heterocycles. The molecule has 0 aliphatic rings. The molecule has 0 atom stereocenters. The maximum Gasteiger partial charge on any atom is 0.261 e. The molecule has 1 amide bonds. The van der Waals surface area contributed by atoms with Gasteiger partial charge >= 0.3 is 0 Å². The highest BCUT2D eigenvalue weighted by Crippen LogP contribution is 2.12. The van der Waals surface area contributed by atoms with Gasteiger partial charge in [0, 0.05) is 11.8 Å². The van der Waals surface area contributed by atoms with E-state index in [2.05, 4.69) is 12.2 Å². The summed E-state index contributed by atoms with van der Waals surface area (Å²) in [7, 11) is 0. The summed E-state index contributed by atoms with van der Waals surface area (Å²) in [6.07, 6.45) is 3.50. The van der Waals surface area contributed by atoms with Gasteiger partial charge in [-0.2, -0.15) is 4.73 Å². The number of hydrogen-bond donors (Lipinski definition) is 1. The summed E-state index contributed by atoms with van der Waals surface area (Å²) in [4.78, 5) is 11.9. The Balaban J connectivity index is 2.16. The second kappa shape index (κ2) is 5.31. The fourth-order valence-corrected chi connectivity index (χ4v) is 1.66. The van der Waals surface area contributed by atoms with Gasteiger partial charge in [-0.25, -0.2) is 0 Å². The lowest BCUT2D eigenvalue weighted by Gasteiger charge is -2.06. The molecule has 1 heterocycles. The molecule has 4 heteroatoms. The van der Waals surface area contributed by atoms with Gasteiger partial charge < -0.3 is 10.5 Å². The van der Waals surface area contributed by atoms with Gasteiger partial charge in [0.25, 0.3) is 5.91 Å². The molecule has 1 aromatic carbocycles. The van der Waals surface area contributed by atoms with Gasteiger partial charge in [0.1, 0.15) is 5.56 Å². The third-order valence-corrected chi connectivity index (χ3v) is 2.63. The Morgan fingerprint density at radius 1 is 1.33 bits per heavy atom. The van der Waals surface area contributed by atoms with Gasteiger partial charge in [-0.1, -0.05) is 19.1 Å². The fourth-order valence-electron chi connectivity index (χ4n) is 1.66. The summed E-state index contributed by atoms with van der Waals surface area (Å²) in [5, 5.41) is 13.9. The topological polar surface area (TPSA) is 56.0 Å². The van der Waals surface area contributed by atoms with E-state index in [4.69, 9.17) is 0 Å². The molecular formula is C14H14N2O2. The number of anilines is 1. The number of hydrogen-bond acceptors (Lipinski definition) is 2. The van der Waals surface area contributed by atoms with Crippen molar-refractivity contribution in [1.82, 2.24) is 0 Å². The molecular weight excluding hydrogens is 228 g/mol. The number of nitrogens with one attached hydrogen (secondary N) is 1. The molecule has 2 aromatic rings. The van der Waals surface area contributed by atoms with Gasteiger partial charge in [0.2, 0.25) is 0 Å². The molecule has 0 bridgehead atoms. The van der Waals surface area contributed by atoms with E-state index in [-0.39, 0.29) is 5.91 Å². The summed E-state index contributed by atoms with van der Waals surface area (Å²) < 4.78 is 0.609. The third kappa shape index (κ3) is 2.85. The van der Waals surface area contributed by atoms with Gasteiger partial charge in [-0.05, 0) is 30.2 Å². The number of rotatable bonds is 3. The van der Waals surface area contributed by atoms with Crippen LogP contribution in [-0.2, 0) is 6.42 Å². The van der Waals surface area contributed by atoms with Crippen LogP contribution in [0.5, 0.6) is 0 Å². The van der Waals surface area contributed by atoms with Crippen molar-refractivity contribution in [2.45, 2.75) is 13.3 Å². The summed E-state index contributed by atoms with van der Waals surface area (Å²) in [5.41, 5.74) is 2.23. The monoisotopic (exact) mass is 242 g/mol. The quantitative estimate of drug-likeness (QED) is 0.662. The first kappa shape index (κ1) is 12.1. The van der Waals surface area contributed by atoms with E-state index in [9.17, 15) is 10.0 Å². The molecule has 2 rings (SSSR count). The number of carbonyl (C=O) groups is 1. The van der Waals surface area contributed by atoms with E-state index in [1.807, 2.05) is 24.3 Å². The van der Waals surface area contributed by atoms with Crippen molar-refractivity contribution >= 4 is 11.6 Å². The molecule has 0 spiro atoms. The predicted molar refractivity (Wildman–Crippen MR) is 69.2 cm³/mol. The summed E-state index contributed by atoms with van der Waals surface area (Å²) in [6, 6.07) is 10.8. The third-order valence-electron chi connectivity index (χ3n) is 2.63. The van der Waals surface area contributed by atoms with Crippen molar-refractivity contribution < 1.29 is 9.52 Å². The minimum atomic E-state index is -0.284. The number of carbonyl (C=O) groups excluding carboxylic acids is 1. The number of aromatic nitrogens is 1. The van der Waals surface area contributed by atoms with Crippen LogP contribution in [0, 0.1) is 5.21 Å². The molecule has 0 fully saturated rings. The molecule has 92 valence electrons. The van der Waals surface area contributed by atoms with Crippen molar-refractivity contribution in [3.8, 4) is 0 Å². The van der Waals surface area contributed by atoms with Gasteiger partial charge in [0.15, 0.2) is 12.4 Å². The first-order valence-electron chi connectivity index (χ1n) is 5.78. The zero-order valence-electron chi connectivity index (χ0n) is 10.1. The lowest BCUT2D eigenvalue weighted by Crippen LogP contribution is -2.27. The van der Waals surface area contributed by atoms with Crippen LogP contribution < -0.4 is 10.0 Å². The van der Waals surface area contributed by atoms with Gasteiger partial charge in [-0.3, -0.25) is 4.79 Å². The van der Waals surface area contributed by atoms with Crippen LogP contribution in [0.4, 0.5) is 5.69 Å². The number of benzene rings is 1. The first-order valence-corrected chi connectivity index (χ1v) is 5.78. The second-order valence-electron chi connectivity index (χ2n) is 3.96. The Hall–Kier alpha value is -2.36. The summed E-state index contributed by atoms with van der Waals surface area (Å²) in [6.45, 7) is 2.05. The molecule has 18 heavy (non-hydrogen) atoms. The van der Waals surface area contributed by atoms with Crippen LogP contribution in [0.2, 0.25) is 0 Å². The fraction of sp³-hybridized carbons (Fsp3) is 0.143. The zero-order chi connectivity index (χ0) is 13.0. The molecule has 0 aliphatic carbocycles. The second-order valence-corrected chi connectivity index (χ2v) is 3.96. The minimum Gasteiger partial charge on any atom is -0.619 e. The van der Waals surface area contributed by atoms with Crippen LogP contribution in [0.3, 0.4) is 0 Å². The standard InChI is InChI=1S/C14H14N2O2/c1-2-11-5-3-7-13(9-11)15-14(17)12-6-4-8-16(18)10-12/h3-10H,2H2,1H3,(H,15,17). The predicted octanol–water partition coefficient (Wildman–Crippen LogP) is 2.13. The number of amides is 1. The SMILES string of the molecule is CCc1cccc(NC(=O)c2ccc[n+]([O-])c2)c1. The molecule has 0 saturated heterocycles. The van der Waals surface area contributed by atoms with Gasteiger partial charge in [-0.15, -0.1) is 0 Å². The molecule has 0 unspecified atom stereocenters. The lowest BCUT2D eigenvalue weighted by molar-refractivity contribution is -0.605. The maximum absolute atomic E-state index is 11.9. The minimum absolute atomic E-state index is 0.284. The zero-order valence-corrected chi connectivity index (χ0v) is 10.1. The van der Waals surface area contributed by atoms with Crippen molar-refractivity contribution in [3.05, 3.63) is 65.1 Å². The average Bonchev–Trinajstić information content (AvgIpc) is 2.39. The van der Waals surface area contributed by atoms with Crippen molar-refractivity contribution in [1.29, 1.82) is 0 Å². The van der Waals surface area contributed by atoms with E-state index >= 15 is 0 Å². The Morgan fingerprint density at radius 3 is 2.89 bits per heavy atom. The van der Waals surface area contributed by atoms with Crippen molar-refractivity contribution in [2.24, 2.45) is 0 Å². The van der Waals surface area contributed by atoms with Crippen LogP contribution in [0.1, 0.15) is 22.8 Å². The largest absolute Gasteiger partial charge is 0.619 e. The van der Waals surface area contributed by atoms with Crippen molar-refractivity contribution in [2.75, 3.05) is 5.32 Å². The van der Waals surface area contributed by atoms with Crippen LogP contribution in [0.15, 0.2) is 48.8 Å². The summed E-state index contributed by atoms with van der Waals surface area (Å²) >= 11 is 0. The van der Waals surface area contributed by atoms with Crippen LogP contribution >= 0.6 is 0 Å². The van der Waals surface area contributed by atoms with Crippen molar-refractivity contribution in [3.63, 3.8) is 0 Å². The van der Waals surface area contributed by atoms with E-state index in [0.29, 0.717) is 10.3 Å². The number of pyridine rings is 1. The lowest BCUT2D eigenvalue weighted by atomic mass is 10.1.